The van der Waals surface area contributed by atoms with Crippen LogP contribution in [0, 0.1) is 0 Å². The van der Waals surface area contributed by atoms with E-state index in [0.717, 1.165) is 14.3 Å². The molecule has 4 nitrogen and oxygen atoms in total. The third-order valence-corrected chi connectivity index (χ3v) is 19.6. The van der Waals surface area contributed by atoms with Crippen LogP contribution >= 0.6 is 0 Å². The number of hydrogen-bond donors (Lipinski definition) is 0. The molecule has 4 aromatic rings. The molecule has 0 saturated carbocycles. The summed E-state index contributed by atoms with van der Waals surface area (Å²) in [6.45, 7) is 0. The molecule has 0 N–H and O–H groups in total. The van der Waals surface area contributed by atoms with E-state index in [1.807, 2.05) is 121 Å². The predicted molar refractivity (Wildman–Crippen MR) is 140 cm³/mol. The molecule has 0 bridgehead atoms. The van der Waals surface area contributed by atoms with Crippen LogP contribution in [-0.2, 0) is 15.7 Å². The normalized spacial score (nSPS) is 10.8. The van der Waals surface area contributed by atoms with Crippen molar-refractivity contribution in [2.24, 2.45) is 0 Å². The number of rotatable bonds is 9. The van der Waals surface area contributed by atoms with Gasteiger partial charge in [-0.3, -0.25) is 0 Å². The molecular weight excluding hydrogens is 638 g/mol. The Morgan fingerprint density at radius 1 is 0.441 bits per heavy atom. The molecule has 0 aromatic heterocycles. The van der Waals surface area contributed by atoms with Crippen LogP contribution < -0.4 is 14.3 Å². The molecule has 4 aromatic carbocycles. The van der Waals surface area contributed by atoms with Gasteiger partial charge in [0.15, 0.2) is 0 Å². The van der Waals surface area contributed by atoms with Crippen molar-refractivity contribution in [2.45, 2.75) is 12.8 Å². The van der Waals surface area contributed by atoms with Crippen LogP contribution in [-0.4, -0.2) is 52.3 Å². The van der Waals surface area contributed by atoms with Crippen LogP contribution in [0.2, 0.25) is 0 Å². The van der Waals surface area contributed by atoms with Crippen molar-refractivity contribution in [3.63, 3.8) is 0 Å². The van der Waals surface area contributed by atoms with Crippen LogP contribution in [0.15, 0.2) is 121 Å². The van der Waals surface area contributed by atoms with Crippen molar-refractivity contribution in [3.05, 3.63) is 121 Å². The van der Waals surface area contributed by atoms with Crippen molar-refractivity contribution in [1.29, 1.82) is 0 Å². The Hall–Kier alpha value is -2.58. The summed E-state index contributed by atoms with van der Waals surface area (Å²) in [4.78, 5) is 25.5. The molecule has 0 spiro atoms. The minimum atomic E-state index is -3.04. The molecule has 0 aliphatic rings. The molecule has 34 heavy (non-hydrogen) atoms. The Bertz CT molecular complexity index is 1010. The van der Waals surface area contributed by atoms with Crippen LogP contribution in [0.3, 0.4) is 0 Å². The van der Waals surface area contributed by atoms with Gasteiger partial charge in [0.2, 0.25) is 0 Å². The number of benzene rings is 4. The van der Waals surface area contributed by atoms with Crippen LogP contribution in [0.5, 0.6) is 0 Å². The molecular formula is C28H26O4Sn2. The van der Waals surface area contributed by atoms with Crippen molar-refractivity contribution in [3.8, 4) is 0 Å². The molecule has 0 aliphatic carbocycles. The molecule has 4 rings (SSSR count). The molecule has 0 amide bonds. The maximum atomic E-state index is 12.8. The van der Waals surface area contributed by atoms with E-state index in [1.54, 1.807) is 0 Å². The van der Waals surface area contributed by atoms with E-state index in [9.17, 15) is 9.59 Å². The number of carbonyl (C=O) groups excluding carboxylic acids is 2. The van der Waals surface area contributed by atoms with Gasteiger partial charge in [0.05, 0.1) is 0 Å². The monoisotopic (exact) mass is 666 g/mol. The summed E-state index contributed by atoms with van der Waals surface area (Å²) < 4.78 is 16.4. The molecule has 0 saturated heterocycles. The number of hydrogen-bond acceptors (Lipinski definition) is 4. The van der Waals surface area contributed by atoms with Crippen molar-refractivity contribution in [1.82, 2.24) is 0 Å². The minimum absolute atomic E-state index is 0.0219. The average Bonchev–Trinajstić information content (AvgIpc) is 2.91. The van der Waals surface area contributed by atoms with Gasteiger partial charge in [-0.05, 0) is 0 Å². The molecule has 0 aliphatic heterocycles. The van der Waals surface area contributed by atoms with Crippen LogP contribution in [0.1, 0.15) is 12.8 Å². The Morgan fingerprint density at radius 3 is 0.912 bits per heavy atom. The first-order valence-corrected chi connectivity index (χ1v) is 20.6. The average molecular weight is 664 g/mol. The third kappa shape index (κ3) is 6.96. The summed E-state index contributed by atoms with van der Waals surface area (Å²) in [5, 5.41) is 0. The first-order chi connectivity index (χ1) is 16.7. The van der Waals surface area contributed by atoms with E-state index >= 15 is 0 Å². The molecule has 6 heteroatoms. The second kappa shape index (κ2) is 12.8. The van der Waals surface area contributed by atoms with E-state index in [1.165, 1.54) is 0 Å². The molecule has 0 radical (unpaired) electrons. The Labute approximate surface area is 215 Å². The number of carbonyl (C=O) groups is 2. The molecule has 170 valence electrons. The van der Waals surface area contributed by atoms with Crippen molar-refractivity contribution in [2.75, 3.05) is 0 Å². The quantitative estimate of drug-likeness (QED) is 0.257. The topological polar surface area (TPSA) is 52.6 Å². The van der Waals surface area contributed by atoms with Crippen LogP contribution in [0.25, 0.3) is 0 Å². The van der Waals surface area contributed by atoms with E-state index in [4.69, 9.17) is 6.15 Å². The Kier molecular flexibility index (Phi) is 9.21. The molecule has 0 atom stereocenters. The predicted octanol–water partition coefficient (Wildman–Crippen LogP) is 1.93. The van der Waals surface area contributed by atoms with Crippen molar-refractivity contribution < 1.29 is 15.7 Å². The SMILES string of the molecule is O=C(CCC(=O)[O][SnH]([c]1ccccc1)[c]1ccccc1)[O][SnH]([c]1ccccc1)[c]1ccccc1. The van der Waals surface area contributed by atoms with Gasteiger partial charge in [0.1, 0.15) is 0 Å². The summed E-state index contributed by atoms with van der Waals surface area (Å²) in [5.41, 5.74) is 0. The third-order valence-electron chi connectivity index (χ3n) is 5.44. The van der Waals surface area contributed by atoms with Gasteiger partial charge in [-0.1, -0.05) is 0 Å². The Morgan fingerprint density at radius 2 is 0.676 bits per heavy atom. The molecule has 0 unspecified atom stereocenters. The zero-order valence-electron chi connectivity index (χ0n) is 18.7. The van der Waals surface area contributed by atoms with E-state index < -0.39 is 40.3 Å². The Balaban J connectivity index is 1.41. The fourth-order valence-corrected chi connectivity index (χ4v) is 16.2. The van der Waals surface area contributed by atoms with E-state index in [2.05, 4.69) is 0 Å². The maximum absolute atomic E-state index is 12.8. The standard InChI is InChI=1S/4C6H5.C4H6O4.2Sn.2H/c4*1-2-4-6-5-3-1;5-3(6)1-2-4(7)8;;;;/h4*1-5H;1-2H2,(H,5,6)(H,7,8);;;;/q;;;;;2*+1;;/p-2. The molecule has 0 fully saturated rings. The van der Waals surface area contributed by atoms with E-state index in [0.29, 0.717) is 0 Å². The molecule has 0 heterocycles. The van der Waals surface area contributed by atoms with Crippen molar-refractivity contribution >= 4 is 66.6 Å². The van der Waals surface area contributed by atoms with Gasteiger partial charge in [0.25, 0.3) is 0 Å². The summed E-state index contributed by atoms with van der Waals surface area (Å²) >= 11 is -6.08. The van der Waals surface area contributed by atoms with Gasteiger partial charge in [-0.2, -0.15) is 0 Å². The zero-order chi connectivity index (χ0) is 23.6. The fourth-order valence-electron chi connectivity index (χ4n) is 3.75. The summed E-state index contributed by atoms with van der Waals surface area (Å²) in [6.07, 6.45) is 0.0438. The van der Waals surface area contributed by atoms with Gasteiger partial charge in [-0.15, -0.1) is 0 Å². The zero-order valence-corrected chi connectivity index (χ0v) is 25.3. The summed E-state index contributed by atoms with van der Waals surface area (Å²) in [6, 6.07) is 39.7. The first kappa shape index (κ1) is 24.5. The van der Waals surface area contributed by atoms with Gasteiger partial charge in [0, 0.05) is 0 Å². The summed E-state index contributed by atoms with van der Waals surface area (Å²) in [7, 11) is 0. The summed E-state index contributed by atoms with van der Waals surface area (Å²) in [5.74, 6) is -0.673. The first-order valence-electron chi connectivity index (χ1n) is 11.3. The van der Waals surface area contributed by atoms with Gasteiger partial charge < -0.3 is 0 Å². The second-order valence-corrected chi connectivity index (χ2v) is 21.2. The van der Waals surface area contributed by atoms with Gasteiger partial charge >= 0.3 is 217 Å². The second-order valence-electron chi connectivity index (χ2n) is 7.88. The van der Waals surface area contributed by atoms with E-state index in [-0.39, 0.29) is 24.8 Å². The van der Waals surface area contributed by atoms with Gasteiger partial charge in [-0.25, -0.2) is 0 Å². The fraction of sp³-hybridized carbons (Fsp3) is 0.0714. The van der Waals surface area contributed by atoms with Crippen LogP contribution in [0.4, 0.5) is 0 Å².